The highest BCUT2D eigenvalue weighted by Crippen LogP contribution is 2.00. The van der Waals surface area contributed by atoms with Gasteiger partial charge >= 0.3 is 0 Å². The fraction of sp³-hybridized carbons (Fsp3) is 1.00. The molecule has 0 saturated heterocycles. The van der Waals surface area contributed by atoms with Crippen molar-refractivity contribution < 1.29 is 10.2 Å². The second-order valence-corrected chi connectivity index (χ2v) is 3.84. The van der Waals surface area contributed by atoms with Crippen LogP contribution in [0.2, 0.25) is 0 Å². The predicted molar refractivity (Wildman–Crippen MR) is 59.3 cm³/mol. The molecule has 86 valence electrons. The first kappa shape index (κ1) is 13.9. The van der Waals surface area contributed by atoms with Gasteiger partial charge in [-0.3, -0.25) is 0 Å². The molecule has 0 aromatic heterocycles. The summed E-state index contributed by atoms with van der Waals surface area (Å²) in [5, 5.41) is 18.1. The van der Waals surface area contributed by atoms with Gasteiger partial charge in [-0.25, -0.2) is 0 Å². The van der Waals surface area contributed by atoms with Gasteiger partial charge in [0.1, 0.15) is 0 Å². The third-order valence-electron chi connectivity index (χ3n) is 2.34. The molecule has 0 radical (unpaired) electrons. The lowest BCUT2D eigenvalue weighted by Crippen LogP contribution is -2.35. The zero-order valence-electron chi connectivity index (χ0n) is 9.58. The number of aliphatic hydroxyl groups excluding tert-OH is 2. The highest BCUT2D eigenvalue weighted by atomic mass is 16.3. The van der Waals surface area contributed by atoms with Crippen LogP contribution in [-0.2, 0) is 0 Å². The van der Waals surface area contributed by atoms with E-state index in [9.17, 15) is 5.11 Å². The molecule has 0 unspecified atom stereocenters. The first-order valence-electron chi connectivity index (χ1n) is 5.75. The predicted octanol–water partition coefficient (Wildman–Crippen LogP) is 1.24. The fourth-order valence-electron chi connectivity index (χ4n) is 1.41. The van der Waals surface area contributed by atoms with Crippen LogP contribution in [0.25, 0.3) is 0 Å². The number of hydrogen-bond acceptors (Lipinski definition) is 3. The summed E-state index contributed by atoms with van der Waals surface area (Å²) in [6, 6.07) is 0. The highest BCUT2D eigenvalue weighted by molar-refractivity contribution is 4.63. The number of unbranched alkanes of at least 4 members (excludes halogenated alkanes) is 2. The van der Waals surface area contributed by atoms with E-state index in [0.29, 0.717) is 6.54 Å². The summed E-state index contributed by atoms with van der Waals surface area (Å²) >= 11 is 0. The van der Waals surface area contributed by atoms with Gasteiger partial charge in [0.2, 0.25) is 0 Å². The second-order valence-electron chi connectivity index (χ2n) is 3.84. The molecule has 0 aromatic rings. The highest BCUT2D eigenvalue weighted by Gasteiger charge is 2.09. The van der Waals surface area contributed by atoms with Gasteiger partial charge in [-0.15, -0.1) is 0 Å². The Kier molecular flexibility index (Phi) is 9.35. The van der Waals surface area contributed by atoms with Crippen LogP contribution in [0.3, 0.4) is 0 Å². The van der Waals surface area contributed by atoms with Gasteiger partial charge in [0, 0.05) is 6.54 Å². The molecule has 0 aliphatic carbocycles. The van der Waals surface area contributed by atoms with Crippen molar-refractivity contribution in [2.24, 2.45) is 0 Å². The smallest absolute Gasteiger partial charge is 0.0897 e. The van der Waals surface area contributed by atoms with Crippen LogP contribution in [0.5, 0.6) is 0 Å². The molecule has 0 rings (SSSR count). The summed E-state index contributed by atoms with van der Waals surface area (Å²) in [5.41, 5.74) is 0. The SMILES string of the molecule is CCCCN(CCCC)C[C@@H](O)CO. The van der Waals surface area contributed by atoms with E-state index >= 15 is 0 Å². The van der Waals surface area contributed by atoms with Crippen molar-refractivity contribution in [3.05, 3.63) is 0 Å². The molecule has 2 N–H and O–H groups in total. The first-order chi connectivity index (χ1) is 6.74. The summed E-state index contributed by atoms with van der Waals surface area (Å²) in [6.45, 7) is 6.88. The average molecular weight is 203 g/mol. The average Bonchev–Trinajstić information content (AvgIpc) is 2.21. The van der Waals surface area contributed by atoms with Gasteiger partial charge in [0.05, 0.1) is 12.7 Å². The van der Waals surface area contributed by atoms with Crippen molar-refractivity contribution in [2.45, 2.75) is 45.6 Å². The molecule has 3 heteroatoms. The summed E-state index contributed by atoms with van der Waals surface area (Å²) in [7, 11) is 0. The van der Waals surface area contributed by atoms with E-state index in [2.05, 4.69) is 18.7 Å². The summed E-state index contributed by atoms with van der Waals surface area (Å²) in [4.78, 5) is 2.24. The Labute approximate surface area is 87.7 Å². The lowest BCUT2D eigenvalue weighted by molar-refractivity contribution is 0.0582. The lowest BCUT2D eigenvalue weighted by Gasteiger charge is -2.23. The molecule has 0 saturated carbocycles. The van der Waals surface area contributed by atoms with Crippen molar-refractivity contribution in [3.63, 3.8) is 0 Å². The van der Waals surface area contributed by atoms with E-state index in [1.807, 2.05) is 0 Å². The maximum atomic E-state index is 9.34. The molecule has 3 nitrogen and oxygen atoms in total. The van der Waals surface area contributed by atoms with Crippen molar-refractivity contribution >= 4 is 0 Å². The quantitative estimate of drug-likeness (QED) is 0.592. The largest absolute Gasteiger partial charge is 0.394 e. The molecule has 0 spiro atoms. The molecule has 0 bridgehead atoms. The third-order valence-corrected chi connectivity index (χ3v) is 2.34. The zero-order chi connectivity index (χ0) is 10.8. The number of hydrogen-bond donors (Lipinski definition) is 2. The standard InChI is InChI=1S/C11H25NO2/c1-3-5-7-12(8-6-4-2)9-11(14)10-13/h11,13-14H,3-10H2,1-2H3/t11-/m1/s1. The van der Waals surface area contributed by atoms with Crippen LogP contribution >= 0.6 is 0 Å². The maximum Gasteiger partial charge on any atom is 0.0897 e. The second kappa shape index (κ2) is 9.44. The van der Waals surface area contributed by atoms with Crippen LogP contribution in [0.1, 0.15) is 39.5 Å². The van der Waals surface area contributed by atoms with Gasteiger partial charge in [0.25, 0.3) is 0 Å². The Morgan fingerprint density at radius 1 is 1.07 bits per heavy atom. The molecule has 0 fully saturated rings. The zero-order valence-corrected chi connectivity index (χ0v) is 9.58. The molecule has 0 aliphatic heterocycles. The van der Waals surface area contributed by atoms with Crippen LogP contribution in [0.15, 0.2) is 0 Å². The van der Waals surface area contributed by atoms with Crippen molar-refractivity contribution in [1.29, 1.82) is 0 Å². The van der Waals surface area contributed by atoms with Crippen molar-refractivity contribution in [1.82, 2.24) is 4.90 Å². The molecule has 0 aromatic carbocycles. The Morgan fingerprint density at radius 3 is 1.93 bits per heavy atom. The summed E-state index contributed by atoms with van der Waals surface area (Å²) in [6.07, 6.45) is 4.11. The normalized spacial score (nSPS) is 13.5. The third kappa shape index (κ3) is 7.30. The van der Waals surface area contributed by atoms with Gasteiger partial charge in [-0.1, -0.05) is 26.7 Å². The number of rotatable bonds is 9. The summed E-state index contributed by atoms with van der Waals surface area (Å²) in [5.74, 6) is 0. The maximum absolute atomic E-state index is 9.34. The van der Waals surface area contributed by atoms with Crippen LogP contribution in [0, 0.1) is 0 Å². The Hall–Kier alpha value is -0.120. The molecular weight excluding hydrogens is 178 g/mol. The monoisotopic (exact) mass is 203 g/mol. The molecule has 0 heterocycles. The first-order valence-corrected chi connectivity index (χ1v) is 5.75. The van der Waals surface area contributed by atoms with E-state index in [4.69, 9.17) is 5.11 Å². The Morgan fingerprint density at radius 2 is 1.57 bits per heavy atom. The van der Waals surface area contributed by atoms with E-state index in [1.54, 1.807) is 0 Å². The molecule has 1 atom stereocenters. The summed E-state index contributed by atoms with van der Waals surface area (Å²) < 4.78 is 0. The van der Waals surface area contributed by atoms with E-state index in [1.165, 1.54) is 25.7 Å². The van der Waals surface area contributed by atoms with Crippen LogP contribution in [-0.4, -0.2) is 47.5 Å². The van der Waals surface area contributed by atoms with Gasteiger partial charge in [-0.2, -0.15) is 0 Å². The molecule has 14 heavy (non-hydrogen) atoms. The van der Waals surface area contributed by atoms with Crippen LogP contribution < -0.4 is 0 Å². The molecule has 0 aliphatic rings. The van der Waals surface area contributed by atoms with Crippen molar-refractivity contribution in [3.8, 4) is 0 Å². The van der Waals surface area contributed by atoms with E-state index in [-0.39, 0.29) is 6.61 Å². The minimum Gasteiger partial charge on any atom is -0.394 e. The van der Waals surface area contributed by atoms with Gasteiger partial charge in [-0.05, 0) is 25.9 Å². The molecule has 0 amide bonds. The number of nitrogens with zero attached hydrogens (tertiary/aromatic N) is 1. The van der Waals surface area contributed by atoms with Crippen molar-refractivity contribution in [2.75, 3.05) is 26.2 Å². The minimum absolute atomic E-state index is 0.130. The van der Waals surface area contributed by atoms with Gasteiger partial charge < -0.3 is 15.1 Å². The van der Waals surface area contributed by atoms with Gasteiger partial charge in [0.15, 0.2) is 0 Å². The lowest BCUT2D eigenvalue weighted by atomic mass is 10.2. The Balaban J connectivity index is 3.71. The topological polar surface area (TPSA) is 43.7 Å². The fourth-order valence-corrected chi connectivity index (χ4v) is 1.41. The molecular formula is C11H25NO2. The Bertz CT molecular complexity index is 112. The van der Waals surface area contributed by atoms with E-state index < -0.39 is 6.10 Å². The van der Waals surface area contributed by atoms with E-state index in [0.717, 1.165) is 13.1 Å². The number of aliphatic hydroxyl groups is 2. The van der Waals surface area contributed by atoms with Crippen LogP contribution in [0.4, 0.5) is 0 Å². The minimum atomic E-state index is -0.580.